The standard InChI is InChI=1S/C19H26N4O4S/c1-6-11-27-19(26)15-13(3)16(18(25)22(4)5)28-17(15)20-14(24)8-10-23-9-7-12(2)21-23/h7,9H,6,8,10-11H2,1-5H3,(H,20,24). The summed E-state index contributed by atoms with van der Waals surface area (Å²) in [4.78, 5) is 39.2. The van der Waals surface area contributed by atoms with Crippen molar-refractivity contribution in [2.45, 2.75) is 40.2 Å². The Hall–Kier alpha value is -2.68. The summed E-state index contributed by atoms with van der Waals surface area (Å²) < 4.78 is 6.93. The number of hydrogen-bond donors (Lipinski definition) is 1. The SMILES string of the molecule is CCCOC(=O)c1c(NC(=O)CCn2ccc(C)n2)sc(C(=O)N(C)C)c1C. The van der Waals surface area contributed by atoms with Crippen molar-refractivity contribution in [3.05, 3.63) is 34.0 Å². The van der Waals surface area contributed by atoms with Crippen LogP contribution in [0.15, 0.2) is 12.3 Å². The van der Waals surface area contributed by atoms with Crippen molar-refractivity contribution in [2.24, 2.45) is 0 Å². The van der Waals surface area contributed by atoms with Gasteiger partial charge in [-0.05, 0) is 31.9 Å². The van der Waals surface area contributed by atoms with E-state index >= 15 is 0 Å². The van der Waals surface area contributed by atoms with Crippen LogP contribution in [0.2, 0.25) is 0 Å². The molecule has 0 saturated heterocycles. The van der Waals surface area contributed by atoms with Crippen LogP contribution in [0.1, 0.15) is 51.1 Å². The Balaban J connectivity index is 2.22. The molecule has 0 atom stereocenters. The number of rotatable bonds is 8. The van der Waals surface area contributed by atoms with E-state index in [9.17, 15) is 14.4 Å². The summed E-state index contributed by atoms with van der Waals surface area (Å²) in [6.45, 7) is 6.16. The van der Waals surface area contributed by atoms with Gasteiger partial charge in [-0.1, -0.05) is 6.92 Å². The molecule has 0 aliphatic rings. The van der Waals surface area contributed by atoms with Crippen LogP contribution < -0.4 is 5.32 Å². The van der Waals surface area contributed by atoms with Gasteiger partial charge in [0, 0.05) is 33.3 Å². The Morgan fingerprint density at radius 1 is 1.29 bits per heavy atom. The lowest BCUT2D eigenvalue weighted by atomic mass is 10.1. The number of thiophene rings is 1. The van der Waals surface area contributed by atoms with E-state index in [1.54, 1.807) is 31.9 Å². The van der Waals surface area contributed by atoms with Gasteiger partial charge < -0.3 is 15.0 Å². The van der Waals surface area contributed by atoms with Crippen molar-refractivity contribution in [3.8, 4) is 0 Å². The first-order valence-electron chi connectivity index (χ1n) is 9.06. The predicted octanol–water partition coefficient (Wildman–Crippen LogP) is 2.86. The van der Waals surface area contributed by atoms with Crippen molar-refractivity contribution in [1.82, 2.24) is 14.7 Å². The van der Waals surface area contributed by atoms with Crippen LogP contribution in [0.25, 0.3) is 0 Å². The van der Waals surface area contributed by atoms with E-state index < -0.39 is 5.97 Å². The van der Waals surface area contributed by atoms with Crippen molar-refractivity contribution in [1.29, 1.82) is 0 Å². The van der Waals surface area contributed by atoms with Gasteiger partial charge in [-0.3, -0.25) is 14.3 Å². The molecular formula is C19H26N4O4S. The summed E-state index contributed by atoms with van der Waals surface area (Å²) in [6.07, 6.45) is 2.68. The Morgan fingerprint density at radius 3 is 2.57 bits per heavy atom. The summed E-state index contributed by atoms with van der Waals surface area (Å²) in [6, 6.07) is 1.86. The number of nitrogens with one attached hydrogen (secondary N) is 1. The fourth-order valence-electron chi connectivity index (χ4n) is 2.51. The third kappa shape index (κ3) is 5.19. The lowest BCUT2D eigenvalue weighted by molar-refractivity contribution is -0.116. The van der Waals surface area contributed by atoms with Crippen LogP contribution >= 0.6 is 11.3 Å². The molecule has 2 heterocycles. The zero-order valence-corrected chi connectivity index (χ0v) is 17.7. The molecule has 2 aromatic rings. The molecular weight excluding hydrogens is 380 g/mol. The molecule has 0 saturated carbocycles. The lowest BCUT2D eigenvalue weighted by Crippen LogP contribution is -2.21. The van der Waals surface area contributed by atoms with Gasteiger partial charge in [0.25, 0.3) is 5.91 Å². The number of amides is 2. The highest BCUT2D eigenvalue weighted by Crippen LogP contribution is 2.34. The Labute approximate surface area is 168 Å². The van der Waals surface area contributed by atoms with Crippen LogP contribution in [0.5, 0.6) is 0 Å². The van der Waals surface area contributed by atoms with E-state index in [1.807, 2.05) is 19.9 Å². The monoisotopic (exact) mass is 406 g/mol. The zero-order chi connectivity index (χ0) is 20.8. The number of ether oxygens (including phenoxy) is 1. The van der Waals surface area contributed by atoms with Crippen molar-refractivity contribution in [3.63, 3.8) is 0 Å². The van der Waals surface area contributed by atoms with Gasteiger partial charge >= 0.3 is 5.97 Å². The number of aromatic nitrogens is 2. The average molecular weight is 407 g/mol. The van der Waals surface area contributed by atoms with Crippen LogP contribution in [0.4, 0.5) is 5.00 Å². The Bertz CT molecular complexity index is 869. The maximum atomic E-state index is 12.5. The van der Waals surface area contributed by atoms with Crippen molar-refractivity contribution >= 4 is 34.1 Å². The molecule has 2 aromatic heterocycles. The van der Waals surface area contributed by atoms with Crippen molar-refractivity contribution < 1.29 is 19.1 Å². The minimum Gasteiger partial charge on any atom is -0.462 e. The number of carbonyl (C=O) groups excluding carboxylic acids is 3. The number of anilines is 1. The maximum Gasteiger partial charge on any atom is 0.341 e. The molecule has 0 spiro atoms. The highest BCUT2D eigenvalue weighted by molar-refractivity contribution is 7.18. The minimum absolute atomic E-state index is 0.193. The number of aryl methyl sites for hydroxylation is 2. The summed E-state index contributed by atoms with van der Waals surface area (Å²) >= 11 is 1.09. The summed E-state index contributed by atoms with van der Waals surface area (Å²) in [5.41, 5.74) is 1.64. The van der Waals surface area contributed by atoms with Crippen molar-refractivity contribution in [2.75, 3.05) is 26.0 Å². The first-order chi connectivity index (χ1) is 13.2. The zero-order valence-electron chi connectivity index (χ0n) is 16.9. The van der Waals surface area contributed by atoms with E-state index in [-0.39, 0.29) is 30.4 Å². The van der Waals surface area contributed by atoms with Gasteiger partial charge in [-0.15, -0.1) is 11.3 Å². The number of nitrogens with zero attached hydrogens (tertiary/aromatic N) is 3. The lowest BCUT2D eigenvalue weighted by Gasteiger charge is -2.09. The molecule has 152 valence electrons. The molecule has 0 radical (unpaired) electrons. The van der Waals surface area contributed by atoms with Gasteiger partial charge in [-0.2, -0.15) is 5.10 Å². The average Bonchev–Trinajstić information content (AvgIpc) is 3.20. The van der Waals surface area contributed by atoms with E-state index in [1.165, 1.54) is 4.90 Å². The van der Waals surface area contributed by atoms with E-state index in [2.05, 4.69) is 10.4 Å². The molecule has 9 heteroatoms. The molecule has 2 amide bonds. The fourth-order valence-corrected chi connectivity index (χ4v) is 3.75. The number of esters is 1. The van der Waals surface area contributed by atoms with E-state index in [0.29, 0.717) is 28.4 Å². The molecule has 1 N–H and O–H groups in total. The number of carbonyl (C=O) groups is 3. The second kappa shape index (κ2) is 9.50. The van der Waals surface area contributed by atoms with Crippen LogP contribution in [-0.4, -0.2) is 53.2 Å². The quantitative estimate of drug-likeness (QED) is 0.681. The number of hydrogen-bond acceptors (Lipinski definition) is 6. The third-order valence-electron chi connectivity index (χ3n) is 3.98. The first-order valence-corrected chi connectivity index (χ1v) is 9.88. The van der Waals surface area contributed by atoms with Gasteiger partial charge in [0.15, 0.2) is 0 Å². The second-order valence-electron chi connectivity index (χ2n) is 6.61. The smallest absolute Gasteiger partial charge is 0.341 e. The highest BCUT2D eigenvalue weighted by atomic mass is 32.1. The minimum atomic E-state index is -0.536. The molecule has 2 rings (SSSR count). The molecule has 0 aromatic carbocycles. The van der Waals surface area contributed by atoms with Gasteiger partial charge in [0.1, 0.15) is 5.00 Å². The molecule has 0 aliphatic carbocycles. The molecule has 0 aliphatic heterocycles. The summed E-state index contributed by atoms with van der Waals surface area (Å²) in [7, 11) is 3.28. The Morgan fingerprint density at radius 2 is 2.00 bits per heavy atom. The van der Waals surface area contributed by atoms with Gasteiger partial charge in [0.05, 0.1) is 22.7 Å². The van der Waals surface area contributed by atoms with E-state index in [0.717, 1.165) is 17.0 Å². The largest absolute Gasteiger partial charge is 0.462 e. The predicted molar refractivity (Wildman–Crippen MR) is 108 cm³/mol. The second-order valence-corrected chi connectivity index (χ2v) is 7.63. The summed E-state index contributed by atoms with van der Waals surface area (Å²) in [5, 5.41) is 7.35. The van der Waals surface area contributed by atoms with Crippen LogP contribution in [-0.2, 0) is 16.1 Å². The van der Waals surface area contributed by atoms with Gasteiger partial charge in [-0.25, -0.2) is 4.79 Å². The summed E-state index contributed by atoms with van der Waals surface area (Å²) in [5.74, 6) is -1.02. The third-order valence-corrected chi connectivity index (χ3v) is 5.18. The van der Waals surface area contributed by atoms with Gasteiger partial charge in [0.2, 0.25) is 5.91 Å². The molecule has 28 heavy (non-hydrogen) atoms. The molecule has 0 unspecified atom stereocenters. The molecule has 0 fully saturated rings. The maximum absolute atomic E-state index is 12.5. The molecule has 8 nitrogen and oxygen atoms in total. The fraction of sp³-hybridized carbons (Fsp3) is 0.474. The van der Waals surface area contributed by atoms with E-state index in [4.69, 9.17) is 4.74 Å². The normalized spacial score (nSPS) is 10.6. The topological polar surface area (TPSA) is 93.5 Å². The first kappa shape index (κ1) is 21.6. The molecule has 0 bridgehead atoms. The van der Waals surface area contributed by atoms with Crippen LogP contribution in [0, 0.1) is 13.8 Å². The van der Waals surface area contributed by atoms with Crippen LogP contribution in [0.3, 0.4) is 0 Å². The Kier molecular flexibility index (Phi) is 7.33. The highest BCUT2D eigenvalue weighted by Gasteiger charge is 2.27.